The molecule has 0 amide bonds. The molecule has 1 aromatic rings. The summed E-state index contributed by atoms with van der Waals surface area (Å²) in [6, 6.07) is 5.54. The number of rotatable bonds is 3. The first kappa shape index (κ1) is 9.34. The predicted molar refractivity (Wildman–Crippen MR) is 54.6 cm³/mol. The Labute approximate surface area is 83.5 Å². The summed E-state index contributed by atoms with van der Waals surface area (Å²) < 4.78 is 4.99. The third-order valence-electron chi connectivity index (χ3n) is 3.04. The van der Waals surface area contributed by atoms with E-state index in [1.165, 1.54) is 0 Å². The van der Waals surface area contributed by atoms with E-state index >= 15 is 0 Å². The fourth-order valence-electron chi connectivity index (χ4n) is 1.78. The van der Waals surface area contributed by atoms with Crippen LogP contribution in [0.1, 0.15) is 18.4 Å². The molecule has 2 rings (SSSR count). The van der Waals surface area contributed by atoms with Crippen molar-refractivity contribution in [1.29, 1.82) is 0 Å². The molecule has 3 nitrogen and oxygen atoms in total. The average molecular weight is 193 g/mol. The monoisotopic (exact) mass is 193 g/mol. The normalized spacial score (nSPS) is 17.9. The lowest BCUT2D eigenvalue weighted by atomic mass is 9.96. The topological polar surface area (TPSA) is 55.5 Å². The first-order valence-corrected chi connectivity index (χ1v) is 4.79. The minimum absolute atomic E-state index is 0.129. The highest BCUT2D eigenvalue weighted by molar-refractivity contribution is 5.46. The highest BCUT2D eigenvalue weighted by Gasteiger charge is 2.43. The van der Waals surface area contributed by atoms with Gasteiger partial charge in [-0.25, -0.2) is 0 Å². The van der Waals surface area contributed by atoms with Crippen LogP contribution in [0.5, 0.6) is 11.5 Å². The zero-order chi connectivity index (χ0) is 10.2. The Hall–Kier alpha value is -1.22. The van der Waals surface area contributed by atoms with Crippen molar-refractivity contribution < 1.29 is 9.84 Å². The van der Waals surface area contributed by atoms with Gasteiger partial charge >= 0.3 is 0 Å². The molecular weight excluding hydrogens is 178 g/mol. The number of benzene rings is 1. The molecule has 1 fully saturated rings. The van der Waals surface area contributed by atoms with Gasteiger partial charge in [0, 0.05) is 12.0 Å². The van der Waals surface area contributed by atoms with Gasteiger partial charge in [0.15, 0.2) is 11.5 Å². The van der Waals surface area contributed by atoms with Gasteiger partial charge in [0.2, 0.25) is 0 Å². The Morgan fingerprint density at radius 2 is 2.21 bits per heavy atom. The molecular formula is C11H15NO2. The Morgan fingerprint density at radius 1 is 1.50 bits per heavy atom. The standard InChI is InChI=1S/C11H15NO2/c1-14-10-3-2-8(6-9(10)13)11(7-12)4-5-11/h2-3,6,13H,4-5,7,12H2,1H3. The van der Waals surface area contributed by atoms with Gasteiger partial charge in [-0.05, 0) is 30.5 Å². The first-order valence-electron chi connectivity index (χ1n) is 4.79. The Morgan fingerprint density at radius 3 is 2.64 bits per heavy atom. The molecule has 0 heterocycles. The number of nitrogens with two attached hydrogens (primary N) is 1. The zero-order valence-corrected chi connectivity index (χ0v) is 8.29. The van der Waals surface area contributed by atoms with Gasteiger partial charge < -0.3 is 15.6 Å². The van der Waals surface area contributed by atoms with Crippen LogP contribution in [0.15, 0.2) is 18.2 Å². The minimum Gasteiger partial charge on any atom is -0.504 e. The predicted octanol–water partition coefficient (Wildman–Crippen LogP) is 1.39. The van der Waals surface area contributed by atoms with Crippen LogP contribution in [-0.2, 0) is 5.41 Å². The van der Waals surface area contributed by atoms with Crippen LogP contribution in [0, 0.1) is 0 Å². The molecule has 1 aromatic carbocycles. The van der Waals surface area contributed by atoms with Crippen LogP contribution >= 0.6 is 0 Å². The molecule has 1 aliphatic carbocycles. The van der Waals surface area contributed by atoms with E-state index in [0.717, 1.165) is 18.4 Å². The first-order chi connectivity index (χ1) is 6.72. The number of hydrogen-bond acceptors (Lipinski definition) is 3. The molecule has 3 heteroatoms. The van der Waals surface area contributed by atoms with E-state index in [1.54, 1.807) is 19.2 Å². The lowest BCUT2D eigenvalue weighted by Gasteiger charge is -2.14. The molecule has 0 unspecified atom stereocenters. The van der Waals surface area contributed by atoms with Crippen LogP contribution in [-0.4, -0.2) is 18.8 Å². The molecule has 1 saturated carbocycles. The molecule has 0 radical (unpaired) electrons. The molecule has 76 valence electrons. The van der Waals surface area contributed by atoms with Gasteiger partial charge in [0.1, 0.15) is 0 Å². The maximum atomic E-state index is 9.61. The van der Waals surface area contributed by atoms with Gasteiger partial charge in [-0.15, -0.1) is 0 Å². The largest absolute Gasteiger partial charge is 0.504 e. The highest BCUT2D eigenvalue weighted by Crippen LogP contribution is 2.48. The van der Waals surface area contributed by atoms with Crippen LogP contribution in [0.3, 0.4) is 0 Å². The van der Waals surface area contributed by atoms with E-state index in [-0.39, 0.29) is 11.2 Å². The summed E-state index contributed by atoms with van der Waals surface area (Å²) in [7, 11) is 1.55. The molecule has 1 aliphatic rings. The van der Waals surface area contributed by atoms with Crippen molar-refractivity contribution in [2.45, 2.75) is 18.3 Å². The fraction of sp³-hybridized carbons (Fsp3) is 0.455. The lowest BCUT2D eigenvalue weighted by Crippen LogP contribution is -2.19. The van der Waals surface area contributed by atoms with Gasteiger partial charge in [-0.3, -0.25) is 0 Å². The molecule has 0 bridgehead atoms. The molecule has 3 N–H and O–H groups in total. The van der Waals surface area contributed by atoms with E-state index in [4.69, 9.17) is 10.5 Å². The maximum absolute atomic E-state index is 9.61. The second-order valence-electron chi connectivity index (χ2n) is 3.87. The number of phenols is 1. The number of methoxy groups -OCH3 is 1. The van der Waals surface area contributed by atoms with Gasteiger partial charge in [0.05, 0.1) is 7.11 Å². The van der Waals surface area contributed by atoms with E-state index in [2.05, 4.69) is 0 Å². The van der Waals surface area contributed by atoms with E-state index < -0.39 is 0 Å². The molecule has 0 aromatic heterocycles. The van der Waals surface area contributed by atoms with E-state index in [1.807, 2.05) is 6.07 Å². The third kappa shape index (κ3) is 1.34. The van der Waals surface area contributed by atoms with Crippen LogP contribution in [0.4, 0.5) is 0 Å². The third-order valence-corrected chi connectivity index (χ3v) is 3.04. The second-order valence-corrected chi connectivity index (χ2v) is 3.87. The summed E-state index contributed by atoms with van der Waals surface area (Å²) >= 11 is 0. The average Bonchev–Trinajstić information content (AvgIpc) is 2.98. The highest BCUT2D eigenvalue weighted by atomic mass is 16.5. The molecule has 0 aliphatic heterocycles. The van der Waals surface area contributed by atoms with Crippen molar-refractivity contribution in [2.75, 3.05) is 13.7 Å². The number of ether oxygens (including phenoxy) is 1. The Kier molecular flexibility index (Phi) is 2.11. The molecule has 0 spiro atoms. The van der Waals surface area contributed by atoms with Crippen molar-refractivity contribution in [1.82, 2.24) is 0 Å². The SMILES string of the molecule is COc1ccc(C2(CN)CC2)cc1O. The van der Waals surface area contributed by atoms with Crippen molar-refractivity contribution in [3.63, 3.8) is 0 Å². The van der Waals surface area contributed by atoms with Crippen molar-refractivity contribution >= 4 is 0 Å². The maximum Gasteiger partial charge on any atom is 0.160 e. The summed E-state index contributed by atoms with van der Waals surface area (Å²) in [5.74, 6) is 0.714. The summed E-state index contributed by atoms with van der Waals surface area (Å²) in [5.41, 5.74) is 6.96. The summed E-state index contributed by atoms with van der Waals surface area (Å²) in [6.45, 7) is 0.652. The van der Waals surface area contributed by atoms with E-state index in [0.29, 0.717) is 12.3 Å². The smallest absolute Gasteiger partial charge is 0.160 e. The summed E-state index contributed by atoms with van der Waals surface area (Å²) in [5, 5.41) is 9.61. The van der Waals surface area contributed by atoms with Crippen LogP contribution in [0.25, 0.3) is 0 Å². The van der Waals surface area contributed by atoms with Gasteiger partial charge in [-0.2, -0.15) is 0 Å². The molecule has 14 heavy (non-hydrogen) atoms. The number of phenolic OH excluding ortho intramolecular Hbond substituents is 1. The minimum atomic E-state index is 0.129. The van der Waals surface area contributed by atoms with Gasteiger partial charge in [0.25, 0.3) is 0 Å². The quantitative estimate of drug-likeness (QED) is 0.762. The van der Waals surface area contributed by atoms with Crippen LogP contribution in [0.2, 0.25) is 0 Å². The van der Waals surface area contributed by atoms with Crippen LogP contribution < -0.4 is 10.5 Å². The summed E-state index contributed by atoms with van der Waals surface area (Å²) in [6.07, 6.45) is 2.24. The summed E-state index contributed by atoms with van der Waals surface area (Å²) in [4.78, 5) is 0. The van der Waals surface area contributed by atoms with E-state index in [9.17, 15) is 5.11 Å². The number of aromatic hydroxyl groups is 1. The lowest BCUT2D eigenvalue weighted by molar-refractivity contribution is 0.372. The molecule has 0 atom stereocenters. The zero-order valence-electron chi connectivity index (χ0n) is 8.29. The van der Waals surface area contributed by atoms with Crippen molar-refractivity contribution in [3.05, 3.63) is 23.8 Å². The number of hydrogen-bond donors (Lipinski definition) is 2. The second kappa shape index (κ2) is 3.17. The van der Waals surface area contributed by atoms with Crippen molar-refractivity contribution in [2.24, 2.45) is 5.73 Å². The Balaban J connectivity index is 2.33. The van der Waals surface area contributed by atoms with Crippen molar-refractivity contribution in [3.8, 4) is 11.5 Å². The Bertz CT molecular complexity index is 345. The fourth-order valence-corrected chi connectivity index (χ4v) is 1.78. The van der Waals surface area contributed by atoms with Gasteiger partial charge in [-0.1, -0.05) is 6.07 Å². The molecule has 0 saturated heterocycles.